The van der Waals surface area contributed by atoms with E-state index in [2.05, 4.69) is 14.2 Å². The number of methoxy groups -OCH3 is 4. The molecule has 0 spiro atoms. The Balaban J connectivity index is -0.0000000437. The standard InChI is InChI=1S/C4H10O.C3H9N.2C3H8O.C2H6O2S.C2H6O/c1-4(2)5-3;1-4(2)3;2*1-3-4-2;1-5(2,3)4;1-3-2/h4H,1-3H3;1-3H3;2*3H2,1-2H3;1-2H3;1-2H3. The van der Waals surface area contributed by atoms with Crippen molar-refractivity contribution in [2.75, 3.05) is 82.4 Å². The van der Waals surface area contributed by atoms with Gasteiger partial charge in [0.15, 0.2) is 0 Å². The summed E-state index contributed by atoms with van der Waals surface area (Å²) in [4.78, 5) is 2.00. The lowest BCUT2D eigenvalue weighted by Crippen LogP contribution is -1.99. The van der Waals surface area contributed by atoms with E-state index in [1.54, 1.807) is 35.5 Å². The number of sulfone groups is 1. The predicted molar refractivity (Wildman–Crippen MR) is 111 cm³/mol. The summed E-state index contributed by atoms with van der Waals surface area (Å²) >= 11 is 0. The van der Waals surface area contributed by atoms with Crippen LogP contribution in [0.1, 0.15) is 27.7 Å². The quantitative estimate of drug-likeness (QED) is 0.729. The second-order valence-corrected chi connectivity index (χ2v) is 7.62. The fourth-order valence-electron chi connectivity index (χ4n) is 0. The molecule has 0 N–H and O–H groups in total. The summed E-state index contributed by atoms with van der Waals surface area (Å²) in [7, 11) is 11.6. The van der Waals surface area contributed by atoms with Gasteiger partial charge in [0.25, 0.3) is 0 Å². The smallest absolute Gasteiger partial charge is 0.144 e. The summed E-state index contributed by atoms with van der Waals surface area (Å²) in [6, 6.07) is 0. The van der Waals surface area contributed by atoms with Crippen molar-refractivity contribution in [2.24, 2.45) is 0 Å². The van der Waals surface area contributed by atoms with Crippen LogP contribution >= 0.6 is 0 Å². The molecule has 0 aliphatic heterocycles. The molecule has 0 radical (unpaired) electrons. The molecule has 0 rings (SSSR count). The molecule has 162 valence electrons. The van der Waals surface area contributed by atoms with Gasteiger partial charge < -0.3 is 23.8 Å². The molecule has 0 aliphatic rings. The third-order valence-corrected chi connectivity index (χ3v) is 1.05. The molecule has 0 aromatic rings. The van der Waals surface area contributed by atoms with E-state index in [1.165, 1.54) is 0 Å². The Morgan fingerprint density at radius 2 is 0.880 bits per heavy atom. The second kappa shape index (κ2) is 39.0. The zero-order chi connectivity index (χ0) is 21.9. The van der Waals surface area contributed by atoms with E-state index in [0.717, 1.165) is 25.7 Å². The molecule has 0 amide bonds. The normalized spacial score (nSPS) is 8.80. The zero-order valence-corrected chi connectivity index (χ0v) is 20.1. The van der Waals surface area contributed by atoms with Crippen molar-refractivity contribution in [3.05, 3.63) is 0 Å². The van der Waals surface area contributed by atoms with Gasteiger partial charge in [-0.1, -0.05) is 0 Å². The van der Waals surface area contributed by atoms with Crippen molar-refractivity contribution in [2.45, 2.75) is 33.8 Å². The van der Waals surface area contributed by atoms with Crippen LogP contribution in [-0.4, -0.2) is 102 Å². The summed E-state index contributed by atoms with van der Waals surface area (Å²) in [5.74, 6) is 0. The lowest BCUT2D eigenvalue weighted by molar-refractivity contribution is 0.134. The lowest BCUT2D eigenvalue weighted by Gasteiger charge is -1.94. The molecule has 0 atom stereocenters. The first kappa shape index (κ1) is 39.7. The highest BCUT2D eigenvalue weighted by atomic mass is 32.2. The Bertz CT molecular complexity index is 239. The second-order valence-electron chi connectivity index (χ2n) is 5.33. The van der Waals surface area contributed by atoms with Gasteiger partial charge in [0, 0.05) is 61.3 Å². The number of hydrogen-bond acceptors (Lipinski definition) is 7. The van der Waals surface area contributed by atoms with Gasteiger partial charge in [0.05, 0.1) is 6.10 Å². The van der Waals surface area contributed by atoms with Crippen LogP contribution in [0, 0.1) is 0 Å². The van der Waals surface area contributed by atoms with E-state index in [1.807, 2.05) is 53.7 Å². The van der Waals surface area contributed by atoms with Crippen molar-refractivity contribution in [3.8, 4) is 0 Å². The fourth-order valence-corrected chi connectivity index (χ4v) is 0. The van der Waals surface area contributed by atoms with Crippen LogP contribution in [0.4, 0.5) is 0 Å². The Labute approximate surface area is 158 Å². The molecule has 7 nitrogen and oxygen atoms in total. The highest BCUT2D eigenvalue weighted by Crippen LogP contribution is 1.77. The van der Waals surface area contributed by atoms with Crippen LogP contribution in [0.5, 0.6) is 0 Å². The number of nitrogens with zero attached hydrogens (tertiary/aromatic N) is 1. The molecule has 25 heavy (non-hydrogen) atoms. The molecule has 0 bridgehead atoms. The molecule has 0 saturated heterocycles. The van der Waals surface area contributed by atoms with Crippen molar-refractivity contribution < 1.29 is 27.4 Å². The highest BCUT2D eigenvalue weighted by molar-refractivity contribution is 7.89. The average molecular weight is 394 g/mol. The molecule has 0 unspecified atom stereocenters. The van der Waals surface area contributed by atoms with Gasteiger partial charge in [-0.15, -0.1) is 0 Å². The molecule has 0 saturated carbocycles. The third-order valence-electron chi connectivity index (χ3n) is 1.05. The molecule has 0 aromatic heterocycles. The molecular weight excluding hydrogens is 346 g/mol. The topological polar surface area (TPSA) is 74.3 Å². The molecule has 8 heteroatoms. The maximum atomic E-state index is 9.63. The minimum absolute atomic E-state index is 0.384. The van der Waals surface area contributed by atoms with Crippen LogP contribution in [0.3, 0.4) is 0 Å². The zero-order valence-electron chi connectivity index (χ0n) is 19.3. The molecule has 0 fully saturated rings. The van der Waals surface area contributed by atoms with Crippen LogP contribution in [0.2, 0.25) is 0 Å². The minimum atomic E-state index is -2.67. The van der Waals surface area contributed by atoms with Crippen LogP contribution in [-0.2, 0) is 28.8 Å². The van der Waals surface area contributed by atoms with Gasteiger partial charge in [-0.05, 0) is 48.8 Å². The minimum Gasteiger partial charge on any atom is -0.388 e. The average Bonchev–Trinajstić information content (AvgIpc) is 2.46. The van der Waals surface area contributed by atoms with Crippen molar-refractivity contribution in [3.63, 3.8) is 0 Å². The van der Waals surface area contributed by atoms with Gasteiger partial charge in [0.2, 0.25) is 0 Å². The summed E-state index contributed by atoms with van der Waals surface area (Å²) in [5, 5.41) is 0. The Morgan fingerprint density at radius 3 is 0.880 bits per heavy atom. The Morgan fingerprint density at radius 1 is 0.800 bits per heavy atom. The first-order valence-electron chi connectivity index (χ1n) is 7.91. The van der Waals surface area contributed by atoms with Crippen molar-refractivity contribution in [1.29, 1.82) is 0 Å². The van der Waals surface area contributed by atoms with Crippen molar-refractivity contribution in [1.82, 2.24) is 4.90 Å². The Hall–Kier alpha value is -0.250. The van der Waals surface area contributed by atoms with E-state index in [9.17, 15) is 8.42 Å². The van der Waals surface area contributed by atoms with Gasteiger partial charge in [-0.2, -0.15) is 0 Å². The van der Waals surface area contributed by atoms with Crippen LogP contribution in [0.25, 0.3) is 0 Å². The molecule has 0 heterocycles. The molecule has 0 aliphatic carbocycles. The van der Waals surface area contributed by atoms with Crippen molar-refractivity contribution >= 4 is 9.84 Å². The number of rotatable bonds is 3. The Kier molecular flexibility index (Phi) is 62.0. The SMILES string of the molecule is CCOC.CCOC.CN(C)C.COC.COC(C)C.CS(C)(=O)=O. The summed E-state index contributed by atoms with van der Waals surface area (Å²) < 4.78 is 37.3. The number of ether oxygens (including phenoxy) is 4. The van der Waals surface area contributed by atoms with E-state index in [-0.39, 0.29) is 0 Å². The van der Waals surface area contributed by atoms with Gasteiger partial charge in [-0.25, -0.2) is 8.42 Å². The third kappa shape index (κ3) is 799. The van der Waals surface area contributed by atoms with E-state index < -0.39 is 9.84 Å². The first-order valence-corrected chi connectivity index (χ1v) is 10.2. The van der Waals surface area contributed by atoms with E-state index >= 15 is 0 Å². The maximum Gasteiger partial charge on any atom is 0.144 e. The van der Waals surface area contributed by atoms with Gasteiger partial charge in [0.1, 0.15) is 9.84 Å². The van der Waals surface area contributed by atoms with E-state index in [0.29, 0.717) is 6.10 Å². The van der Waals surface area contributed by atoms with Crippen LogP contribution in [0.15, 0.2) is 0 Å². The summed E-state index contributed by atoms with van der Waals surface area (Å²) in [6.45, 7) is 9.56. The maximum absolute atomic E-state index is 9.63. The largest absolute Gasteiger partial charge is 0.388 e. The lowest BCUT2D eigenvalue weighted by atomic mass is 10.5. The fraction of sp³-hybridized carbons (Fsp3) is 1.00. The van der Waals surface area contributed by atoms with Crippen LogP contribution < -0.4 is 0 Å². The first-order chi connectivity index (χ1) is 11.2. The number of hydrogen-bond donors (Lipinski definition) is 0. The summed E-state index contributed by atoms with van der Waals surface area (Å²) in [6.07, 6.45) is 2.70. The highest BCUT2D eigenvalue weighted by Gasteiger charge is 1.79. The predicted octanol–water partition coefficient (Wildman–Crippen LogP) is 2.45. The monoisotopic (exact) mass is 393 g/mol. The van der Waals surface area contributed by atoms with E-state index in [4.69, 9.17) is 4.74 Å². The van der Waals surface area contributed by atoms with Gasteiger partial charge in [-0.3, -0.25) is 0 Å². The molecular formula is C17H47NO6S. The molecule has 0 aromatic carbocycles. The van der Waals surface area contributed by atoms with Gasteiger partial charge >= 0.3 is 0 Å². The summed E-state index contributed by atoms with van der Waals surface area (Å²) in [5.41, 5.74) is 0.